The first-order valence-corrected chi connectivity index (χ1v) is 9.39. The molecule has 0 saturated carbocycles. The molecule has 0 radical (unpaired) electrons. The highest BCUT2D eigenvalue weighted by Gasteiger charge is 2.21. The zero-order valence-electron chi connectivity index (χ0n) is 14.8. The van der Waals surface area contributed by atoms with Crippen LogP contribution in [-0.4, -0.2) is 75.5 Å². The van der Waals surface area contributed by atoms with Crippen LogP contribution in [0.1, 0.15) is 0 Å². The van der Waals surface area contributed by atoms with Crippen LogP contribution >= 0.6 is 11.6 Å². The van der Waals surface area contributed by atoms with Crippen molar-refractivity contribution in [3.05, 3.63) is 41.6 Å². The van der Waals surface area contributed by atoms with Gasteiger partial charge in [-0.05, 0) is 18.2 Å². The lowest BCUT2D eigenvalue weighted by Gasteiger charge is -2.36. The topological polar surface area (TPSA) is 88.5 Å². The van der Waals surface area contributed by atoms with Gasteiger partial charge in [0.05, 0.1) is 28.8 Å². The molecule has 0 spiro atoms. The quantitative estimate of drug-likeness (QED) is 0.618. The number of aromatic amines is 1. The van der Waals surface area contributed by atoms with Crippen molar-refractivity contribution < 1.29 is 10.2 Å². The highest BCUT2D eigenvalue weighted by Crippen LogP contribution is 2.30. The van der Waals surface area contributed by atoms with Crippen molar-refractivity contribution in [3.63, 3.8) is 0 Å². The average molecular weight is 388 g/mol. The van der Waals surface area contributed by atoms with Gasteiger partial charge in [-0.15, -0.1) is 0 Å². The van der Waals surface area contributed by atoms with Crippen LogP contribution in [0.3, 0.4) is 0 Å². The van der Waals surface area contributed by atoms with Crippen molar-refractivity contribution >= 4 is 28.5 Å². The van der Waals surface area contributed by atoms with Crippen molar-refractivity contribution in [2.45, 2.75) is 6.10 Å². The fourth-order valence-corrected chi connectivity index (χ4v) is 3.57. The summed E-state index contributed by atoms with van der Waals surface area (Å²) >= 11 is 6.39. The van der Waals surface area contributed by atoms with E-state index in [0.717, 1.165) is 54.4 Å². The van der Waals surface area contributed by atoms with Crippen LogP contribution in [0, 0.1) is 0 Å². The molecular weight excluding hydrogens is 366 g/mol. The molecule has 142 valence electrons. The number of H-pyrrole nitrogens is 1. The number of para-hydroxylation sites is 2. The van der Waals surface area contributed by atoms with E-state index < -0.39 is 6.10 Å². The summed E-state index contributed by atoms with van der Waals surface area (Å²) in [7, 11) is 0. The highest BCUT2D eigenvalue weighted by atomic mass is 35.5. The molecule has 0 aliphatic carbocycles. The largest absolute Gasteiger partial charge is 0.394 e. The average Bonchev–Trinajstić information content (AvgIpc) is 3.13. The first-order chi connectivity index (χ1) is 13.1. The number of fused-ring (bicyclic) bond motifs is 1. The van der Waals surface area contributed by atoms with E-state index in [2.05, 4.69) is 24.8 Å². The standard InChI is InChI=1S/C19H22ClN5O2/c20-15-10-21-18(25-7-5-24(6-8-25)11-13(27)12-26)9-14(15)19-22-16-3-1-2-4-17(16)23-19/h1-4,9-10,13,26-27H,5-8,11-12H2,(H,22,23). The molecular formula is C19H22ClN5O2. The van der Waals surface area contributed by atoms with Gasteiger partial charge in [0.15, 0.2) is 0 Å². The molecule has 1 atom stereocenters. The number of benzene rings is 1. The lowest BCUT2D eigenvalue weighted by molar-refractivity contribution is 0.0574. The number of β-amino-alcohol motifs (C(OH)–C–C–N with tert-alkyl or cyclic N) is 1. The molecule has 0 bridgehead atoms. The smallest absolute Gasteiger partial charge is 0.140 e. The lowest BCUT2D eigenvalue weighted by Crippen LogP contribution is -2.49. The minimum absolute atomic E-state index is 0.209. The molecule has 1 aliphatic heterocycles. The number of hydrogen-bond donors (Lipinski definition) is 3. The second-order valence-electron chi connectivity index (χ2n) is 6.75. The van der Waals surface area contributed by atoms with Crippen molar-refractivity contribution in [3.8, 4) is 11.4 Å². The third-order valence-corrected chi connectivity index (χ3v) is 5.16. The van der Waals surface area contributed by atoms with Gasteiger partial charge in [0.1, 0.15) is 11.6 Å². The summed E-state index contributed by atoms with van der Waals surface area (Å²) in [5.74, 6) is 1.59. The molecule has 1 unspecified atom stereocenters. The van der Waals surface area contributed by atoms with Gasteiger partial charge in [-0.2, -0.15) is 0 Å². The van der Waals surface area contributed by atoms with E-state index in [9.17, 15) is 5.11 Å². The Morgan fingerprint density at radius 1 is 1.19 bits per heavy atom. The number of rotatable bonds is 5. The van der Waals surface area contributed by atoms with E-state index in [1.807, 2.05) is 30.3 Å². The van der Waals surface area contributed by atoms with Crippen LogP contribution in [0.2, 0.25) is 5.02 Å². The number of aliphatic hydroxyl groups is 2. The Hall–Kier alpha value is -2.19. The molecule has 1 saturated heterocycles. The van der Waals surface area contributed by atoms with Gasteiger partial charge in [-0.1, -0.05) is 23.7 Å². The van der Waals surface area contributed by atoms with Gasteiger partial charge >= 0.3 is 0 Å². The maximum absolute atomic E-state index is 9.60. The number of hydrogen-bond acceptors (Lipinski definition) is 6. The number of nitrogens with one attached hydrogen (secondary N) is 1. The molecule has 8 heteroatoms. The summed E-state index contributed by atoms with van der Waals surface area (Å²) in [6, 6.07) is 9.85. The minimum atomic E-state index is -0.690. The Morgan fingerprint density at radius 3 is 2.70 bits per heavy atom. The number of aromatic nitrogens is 3. The summed E-state index contributed by atoms with van der Waals surface area (Å²) in [5.41, 5.74) is 2.70. The van der Waals surface area contributed by atoms with Gasteiger partial charge in [0, 0.05) is 44.5 Å². The molecule has 7 nitrogen and oxygen atoms in total. The minimum Gasteiger partial charge on any atom is -0.394 e. The zero-order valence-corrected chi connectivity index (χ0v) is 15.6. The first kappa shape index (κ1) is 18.2. The Balaban J connectivity index is 1.53. The molecule has 2 aromatic heterocycles. The van der Waals surface area contributed by atoms with Crippen LogP contribution in [0.25, 0.3) is 22.4 Å². The normalized spacial score (nSPS) is 16.8. The van der Waals surface area contributed by atoms with Crippen LogP contribution < -0.4 is 4.90 Å². The Bertz CT molecular complexity index is 890. The number of piperazine rings is 1. The van der Waals surface area contributed by atoms with Crippen LogP contribution in [-0.2, 0) is 0 Å². The second kappa shape index (κ2) is 7.82. The van der Waals surface area contributed by atoms with Gasteiger partial charge < -0.3 is 20.1 Å². The summed E-state index contributed by atoms with van der Waals surface area (Å²) < 4.78 is 0. The molecule has 3 aromatic rings. The van der Waals surface area contributed by atoms with Crippen molar-refractivity contribution in [1.82, 2.24) is 19.9 Å². The Labute approximate surface area is 162 Å². The van der Waals surface area contributed by atoms with E-state index in [1.54, 1.807) is 6.20 Å². The SMILES string of the molecule is OCC(O)CN1CCN(c2cc(-c3nc4ccccc4[nH]3)c(Cl)cn2)CC1. The fraction of sp³-hybridized carbons (Fsp3) is 0.368. The van der Waals surface area contributed by atoms with Crippen molar-refractivity contribution in [2.24, 2.45) is 0 Å². The predicted octanol–water partition coefficient (Wildman–Crippen LogP) is 1.75. The summed E-state index contributed by atoms with van der Waals surface area (Å²) in [6.07, 6.45) is 0.978. The summed E-state index contributed by atoms with van der Waals surface area (Å²) in [6.45, 7) is 3.49. The first-order valence-electron chi connectivity index (χ1n) is 9.01. The number of aliphatic hydroxyl groups excluding tert-OH is 2. The molecule has 1 fully saturated rings. The third kappa shape index (κ3) is 3.91. The molecule has 4 rings (SSSR count). The number of pyridine rings is 1. The zero-order chi connectivity index (χ0) is 18.8. The van der Waals surface area contributed by atoms with Crippen LogP contribution in [0.15, 0.2) is 36.5 Å². The molecule has 1 aromatic carbocycles. The van der Waals surface area contributed by atoms with E-state index in [0.29, 0.717) is 11.6 Å². The van der Waals surface area contributed by atoms with Gasteiger partial charge in [0.2, 0.25) is 0 Å². The van der Waals surface area contributed by atoms with Gasteiger partial charge in [0.25, 0.3) is 0 Å². The molecule has 27 heavy (non-hydrogen) atoms. The Morgan fingerprint density at radius 2 is 1.96 bits per heavy atom. The molecule has 3 N–H and O–H groups in total. The monoisotopic (exact) mass is 387 g/mol. The summed E-state index contributed by atoms with van der Waals surface area (Å²) in [4.78, 5) is 16.8. The summed E-state index contributed by atoms with van der Waals surface area (Å²) in [5, 5.41) is 19.2. The van der Waals surface area contributed by atoms with Gasteiger partial charge in [-0.25, -0.2) is 9.97 Å². The van der Waals surface area contributed by atoms with E-state index in [1.165, 1.54) is 0 Å². The van der Waals surface area contributed by atoms with E-state index >= 15 is 0 Å². The van der Waals surface area contributed by atoms with Crippen molar-refractivity contribution in [1.29, 1.82) is 0 Å². The van der Waals surface area contributed by atoms with Crippen molar-refractivity contribution in [2.75, 3.05) is 44.2 Å². The molecule has 1 aliphatic rings. The number of anilines is 1. The maximum atomic E-state index is 9.60. The highest BCUT2D eigenvalue weighted by molar-refractivity contribution is 6.33. The third-order valence-electron chi connectivity index (χ3n) is 4.86. The van der Waals surface area contributed by atoms with E-state index in [-0.39, 0.29) is 6.61 Å². The number of imidazole rings is 1. The number of nitrogens with zero attached hydrogens (tertiary/aromatic N) is 4. The molecule has 0 amide bonds. The second-order valence-corrected chi connectivity index (χ2v) is 7.16. The van der Waals surface area contributed by atoms with Crippen LogP contribution in [0.5, 0.6) is 0 Å². The number of halogens is 1. The van der Waals surface area contributed by atoms with Gasteiger partial charge in [-0.3, -0.25) is 4.90 Å². The predicted molar refractivity (Wildman–Crippen MR) is 106 cm³/mol. The fourth-order valence-electron chi connectivity index (χ4n) is 3.38. The van der Waals surface area contributed by atoms with Crippen LogP contribution in [0.4, 0.5) is 5.82 Å². The Kier molecular flexibility index (Phi) is 5.27. The van der Waals surface area contributed by atoms with E-state index in [4.69, 9.17) is 16.7 Å². The molecule has 3 heterocycles. The maximum Gasteiger partial charge on any atom is 0.140 e. The lowest BCUT2D eigenvalue weighted by atomic mass is 10.2.